The van der Waals surface area contributed by atoms with Crippen LogP contribution in [0.15, 0.2) is 18.2 Å². The van der Waals surface area contributed by atoms with Crippen molar-refractivity contribution in [2.45, 2.75) is 45.3 Å². The Labute approximate surface area is 146 Å². The van der Waals surface area contributed by atoms with E-state index in [9.17, 15) is 14.9 Å². The molecule has 1 aliphatic rings. The van der Waals surface area contributed by atoms with Gasteiger partial charge in [-0.1, -0.05) is 0 Å². The monoisotopic (exact) mass is 352 g/mol. The number of hydrogen-bond acceptors (Lipinski definition) is 6. The fraction of sp³-hybridized carbons (Fsp3) is 0.588. The summed E-state index contributed by atoms with van der Waals surface area (Å²) in [7, 11) is 1.37. The molecule has 138 valence electrons. The first-order valence-corrected chi connectivity index (χ1v) is 8.16. The zero-order chi connectivity index (χ0) is 18.6. The van der Waals surface area contributed by atoms with Crippen LogP contribution < -0.4 is 9.47 Å². The van der Waals surface area contributed by atoms with Crippen LogP contribution in [0.3, 0.4) is 0 Å². The molecule has 1 unspecified atom stereocenters. The number of amides is 1. The number of ether oxygens (including phenoxy) is 3. The maximum Gasteiger partial charge on any atom is 0.410 e. The molecule has 2 rings (SSSR count). The first-order valence-electron chi connectivity index (χ1n) is 8.16. The molecule has 0 spiro atoms. The average Bonchev–Trinajstić information content (AvgIpc) is 2.99. The zero-order valence-electron chi connectivity index (χ0n) is 15.0. The summed E-state index contributed by atoms with van der Waals surface area (Å²) in [5.41, 5.74) is -0.664. The summed E-state index contributed by atoms with van der Waals surface area (Å²) in [6, 6.07) is 4.25. The quantitative estimate of drug-likeness (QED) is 0.596. The molecule has 1 amide bonds. The molecule has 0 aliphatic carbocycles. The van der Waals surface area contributed by atoms with E-state index in [4.69, 9.17) is 14.2 Å². The summed E-state index contributed by atoms with van der Waals surface area (Å²) in [6.07, 6.45) is 1.36. The minimum absolute atomic E-state index is 0.0870. The predicted molar refractivity (Wildman–Crippen MR) is 91.1 cm³/mol. The molecule has 25 heavy (non-hydrogen) atoms. The van der Waals surface area contributed by atoms with Gasteiger partial charge < -0.3 is 19.1 Å². The Morgan fingerprint density at radius 3 is 2.72 bits per heavy atom. The van der Waals surface area contributed by atoms with Crippen LogP contribution in [-0.2, 0) is 4.74 Å². The van der Waals surface area contributed by atoms with Gasteiger partial charge in [-0.2, -0.15) is 0 Å². The molecule has 1 heterocycles. The van der Waals surface area contributed by atoms with Gasteiger partial charge in [0.15, 0.2) is 0 Å². The summed E-state index contributed by atoms with van der Waals surface area (Å²) in [6.45, 7) is 6.41. The Kier molecular flexibility index (Phi) is 5.71. The van der Waals surface area contributed by atoms with E-state index in [1.165, 1.54) is 25.3 Å². The maximum absolute atomic E-state index is 12.3. The molecule has 1 aromatic rings. The molecule has 8 nitrogen and oxygen atoms in total. The van der Waals surface area contributed by atoms with Crippen molar-refractivity contribution >= 4 is 11.8 Å². The zero-order valence-corrected chi connectivity index (χ0v) is 15.0. The fourth-order valence-electron chi connectivity index (χ4n) is 2.66. The minimum Gasteiger partial charge on any atom is -0.491 e. The Bertz CT molecular complexity index is 641. The van der Waals surface area contributed by atoms with Gasteiger partial charge in [0.1, 0.15) is 18.0 Å². The van der Waals surface area contributed by atoms with Crippen molar-refractivity contribution in [3.63, 3.8) is 0 Å². The number of likely N-dealkylation sites (tertiary alicyclic amines) is 1. The van der Waals surface area contributed by atoms with E-state index in [1.807, 2.05) is 20.8 Å². The third kappa shape index (κ3) is 4.98. The van der Waals surface area contributed by atoms with Crippen LogP contribution in [-0.4, -0.2) is 47.8 Å². The van der Waals surface area contributed by atoms with E-state index >= 15 is 0 Å². The Morgan fingerprint density at radius 2 is 2.12 bits per heavy atom. The van der Waals surface area contributed by atoms with E-state index in [0.29, 0.717) is 18.9 Å². The lowest BCUT2D eigenvalue weighted by atomic mass is 10.2. The van der Waals surface area contributed by atoms with E-state index in [0.717, 1.165) is 12.8 Å². The highest BCUT2D eigenvalue weighted by Crippen LogP contribution is 2.31. The van der Waals surface area contributed by atoms with Crippen molar-refractivity contribution in [2.24, 2.45) is 0 Å². The maximum atomic E-state index is 12.3. The van der Waals surface area contributed by atoms with Crippen LogP contribution in [0.25, 0.3) is 0 Å². The summed E-state index contributed by atoms with van der Waals surface area (Å²) in [5, 5.41) is 10.9. The highest BCUT2D eigenvalue weighted by molar-refractivity contribution is 5.69. The molecular weight excluding hydrogens is 328 g/mol. The largest absolute Gasteiger partial charge is 0.491 e. The number of benzene rings is 1. The molecule has 0 radical (unpaired) electrons. The van der Waals surface area contributed by atoms with E-state index in [2.05, 4.69) is 0 Å². The van der Waals surface area contributed by atoms with Crippen LogP contribution >= 0.6 is 0 Å². The lowest BCUT2D eigenvalue weighted by Gasteiger charge is -2.28. The van der Waals surface area contributed by atoms with Crippen LogP contribution in [0.4, 0.5) is 10.5 Å². The van der Waals surface area contributed by atoms with Crippen LogP contribution in [0.5, 0.6) is 11.5 Å². The smallest absolute Gasteiger partial charge is 0.410 e. The third-order valence-corrected chi connectivity index (χ3v) is 3.80. The minimum atomic E-state index is -0.545. The topological polar surface area (TPSA) is 91.1 Å². The molecule has 1 saturated heterocycles. The standard InChI is InChI=1S/C17H24N2O6/c1-17(2,3)25-16(20)18-9-5-6-12(18)11-24-13-7-8-14(19(21)22)15(10-13)23-4/h7-8,10,12H,5-6,9,11H2,1-4H3. The number of hydrogen-bond donors (Lipinski definition) is 0. The molecular formula is C17H24N2O6. The SMILES string of the molecule is COc1cc(OCC2CCCN2C(=O)OC(C)(C)C)ccc1[N+](=O)[O-]. The van der Waals surface area contributed by atoms with Gasteiger partial charge in [0, 0.05) is 18.7 Å². The number of methoxy groups -OCH3 is 1. The number of rotatable bonds is 5. The first kappa shape index (κ1) is 18.8. The van der Waals surface area contributed by atoms with Crippen LogP contribution in [0.1, 0.15) is 33.6 Å². The van der Waals surface area contributed by atoms with E-state index in [1.54, 1.807) is 4.90 Å². The lowest BCUT2D eigenvalue weighted by Crippen LogP contribution is -2.42. The number of nitro benzene ring substituents is 1. The normalized spacial score (nSPS) is 17.3. The molecule has 8 heteroatoms. The third-order valence-electron chi connectivity index (χ3n) is 3.80. The van der Waals surface area contributed by atoms with Gasteiger partial charge in [-0.05, 0) is 39.7 Å². The summed E-state index contributed by atoms with van der Waals surface area (Å²) in [4.78, 5) is 24.3. The first-order chi connectivity index (χ1) is 11.7. The van der Waals surface area contributed by atoms with Crippen molar-refractivity contribution in [3.05, 3.63) is 28.3 Å². The van der Waals surface area contributed by atoms with Gasteiger partial charge >= 0.3 is 11.8 Å². The molecule has 0 N–H and O–H groups in total. The van der Waals surface area contributed by atoms with Crippen molar-refractivity contribution in [2.75, 3.05) is 20.3 Å². The van der Waals surface area contributed by atoms with E-state index in [-0.39, 0.29) is 23.6 Å². The van der Waals surface area contributed by atoms with Crippen LogP contribution in [0, 0.1) is 10.1 Å². The van der Waals surface area contributed by atoms with Crippen molar-refractivity contribution in [1.82, 2.24) is 4.90 Å². The van der Waals surface area contributed by atoms with Gasteiger partial charge in [-0.3, -0.25) is 10.1 Å². The number of carbonyl (C=O) groups is 1. The fourth-order valence-corrected chi connectivity index (χ4v) is 2.66. The van der Waals surface area contributed by atoms with Gasteiger partial charge in [0.05, 0.1) is 18.1 Å². The van der Waals surface area contributed by atoms with Crippen molar-refractivity contribution < 1.29 is 23.9 Å². The summed E-state index contributed by atoms with van der Waals surface area (Å²) < 4.78 is 16.2. The molecule has 1 atom stereocenters. The molecule has 0 aromatic heterocycles. The second-order valence-corrected chi connectivity index (χ2v) is 6.87. The molecule has 1 fully saturated rings. The predicted octanol–water partition coefficient (Wildman–Crippen LogP) is 3.38. The molecule has 1 aromatic carbocycles. The Balaban J connectivity index is 2.00. The van der Waals surface area contributed by atoms with Gasteiger partial charge in [-0.25, -0.2) is 4.79 Å². The number of nitrogens with zero attached hydrogens (tertiary/aromatic N) is 2. The van der Waals surface area contributed by atoms with E-state index < -0.39 is 10.5 Å². The second kappa shape index (κ2) is 7.58. The van der Waals surface area contributed by atoms with Crippen LogP contribution in [0.2, 0.25) is 0 Å². The van der Waals surface area contributed by atoms with Gasteiger partial charge in [0.25, 0.3) is 0 Å². The average molecular weight is 352 g/mol. The molecule has 1 aliphatic heterocycles. The van der Waals surface area contributed by atoms with Crippen molar-refractivity contribution in [3.8, 4) is 11.5 Å². The Morgan fingerprint density at radius 1 is 1.40 bits per heavy atom. The Hall–Kier alpha value is -2.51. The van der Waals surface area contributed by atoms with Gasteiger partial charge in [-0.15, -0.1) is 0 Å². The van der Waals surface area contributed by atoms with Crippen molar-refractivity contribution in [1.29, 1.82) is 0 Å². The second-order valence-electron chi connectivity index (χ2n) is 6.87. The summed E-state index contributed by atoms with van der Waals surface area (Å²) >= 11 is 0. The lowest BCUT2D eigenvalue weighted by molar-refractivity contribution is -0.385. The van der Waals surface area contributed by atoms with Gasteiger partial charge in [0.2, 0.25) is 5.75 Å². The highest BCUT2D eigenvalue weighted by atomic mass is 16.6. The number of carbonyl (C=O) groups excluding carboxylic acids is 1. The highest BCUT2D eigenvalue weighted by Gasteiger charge is 2.32. The number of nitro groups is 1. The molecule has 0 bridgehead atoms. The molecule has 0 saturated carbocycles. The summed E-state index contributed by atoms with van der Waals surface area (Å²) in [5.74, 6) is 0.594.